The lowest BCUT2D eigenvalue weighted by atomic mass is 10.3. The van der Waals surface area contributed by atoms with Crippen molar-refractivity contribution < 1.29 is 4.74 Å². The molecule has 112 valence electrons. The molecule has 7 heteroatoms. The molecule has 3 rings (SSSR count). The number of aryl methyl sites for hydroxylation is 1. The lowest BCUT2D eigenvalue weighted by Crippen LogP contribution is -2.28. The van der Waals surface area contributed by atoms with Crippen LogP contribution in [0.3, 0.4) is 0 Å². The Morgan fingerprint density at radius 1 is 1.10 bits per heavy atom. The molecule has 2 aromatic rings. The van der Waals surface area contributed by atoms with Crippen LogP contribution in [0.4, 0.5) is 5.82 Å². The van der Waals surface area contributed by atoms with E-state index in [1.54, 1.807) is 0 Å². The fourth-order valence-electron chi connectivity index (χ4n) is 2.47. The highest BCUT2D eigenvalue weighted by Crippen LogP contribution is 2.15. The van der Waals surface area contributed by atoms with Gasteiger partial charge in [-0.2, -0.15) is 5.10 Å². The number of hydrogen-bond donors (Lipinski definition) is 0. The van der Waals surface area contributed by atoms with Crippen LogP contribution in [0.15, 0.2) is 12.1 Å². The smallest absolute Gasteiger partial charge is 0.159 e. The molecular formula is C14H20N6O. The third-order valence-corrected chi connectivity index (χ3v) is 3.65. The Bertz CT molecular complexity index is 594. The van der Waals surface area contributed by atoms with Crippen molar-refractivity contribution in [1.29, 1.82) is 0 Å². The van der Waals surface area contributed by atoms with Gasteiger partial charge in [-0.3, -0.25) is 0 Å². The third kappa shape index (κ3) is 3.02. The molecule has 0 fully saturated rings. The minimum absolute atomic E-state index is 0.522. The van der Waals surface area contributed by atoms with Crippen LogP contribution in [0.25, 0.3) is 0 Å². The van der Waals surface area contributed by atoms with Crippen LogP contribution in [-0.4, -0.2) is 44.7 Å². The zero-order chi connectivity index (χ0) is 14.7. The molecule has 21 heavy (non-hydrogen) atoms. The van der Waals surface area contributed by atoms with Gasteiger partial charge in [-0.25, -0.2) is 0 Å². The number of fused-ring (bicyclic) bond motifs is 1. The highest BCUT2D eigenvalue weighted by molar-refractivity contribution is 5.37. The van der Waals surface area contributed by atoms with E-state index in [4.69, 9.17) is 4.74 Å². The van der Waals surface area contributed by atoms with Gasteiger partial charge in [-0.05, 0) is 26.0 Å². The Morgan fingerprint density at radius 3 is 2.76 bits per heavy atom. The topological polar surface area (TPSA) is 69.0 Å². The minimum Gasteiger partial charge on any atom is -0.374 e. The molecule has 0 saturated carbocycles. The van der Waals surface area contributed by atoms with E-state index in [0.29, 0.717) is 13.2 Å². The van der Waals surface area contributed by atoms with Gasteiger partial charge in [-0.1, -0.05) is 0 Å². The van der Waals surface area contributed by atoms with Crippen LogP contribution >= 0.6 is 0 Å². The van der Waals surface area contributed by atoms with E-state index >= 15 is 0 Å². The van der Waals surface area contributed by atoms with E-state index in [2.05, 4.69) is 29.9 Å². The van der Waals surface area contributed by atoms with Gasteiger partial charge in [0, 0.05) is 32.7 Å². The van der Waals surface area contributed by atoms with Gasteiger partial charge in [-0.15, -0.1) is 15.3 Å². The predicted octanol–water partition coefficient (Wildman–Crippen LogP) is 0.976. The molecule has 1 aliphatic heterocycles. The number of hydrogen-bond acceptors (Lipinski definition) is 6. The second-order valence-corrected chi connectivity index (χ2v) is 5.09. The summed E-state index contributed by atoms with van der Waals surface area (Å²) in [4.78, 5) is 2.24. The molecule has 0 radical (unpaired) electrons. The first-order valence-corrected chi connectivity index (χ1v) is 7.32. The summed E-state index contributed by atoms with van der Waals surface area (Å²) in [5.74, 6) is 2.85. The van der Waals surface area contributed by atoms with Gasteiger partial charge in [0.25, 0.3) is 0 Å². The van der Waals surface area contributed by atoms with E-state index in [1.807, 2.05) is 26.0 Å². The monoisotopic (exact) mass is 288 g/mol. The fourth-order valence-corrected chi connectivity index (χ4v) is 2.47. The van der Waals surface area contributed by atoms with E-state index < -0.39 is 0 Å². The van der Waals surface area contributed by atoms with Crippen LogP contribution in [0, 0.1) is 6.92 Å². The lowest BCUT2D eigenvalue weighted by Gasteiger charge is -2.20. The standard InChI is InChI=1S/C14H20N6O/c1-3-21-10-14-18-17-13-6-7-19(8-9-20(13)14)12-5-4-11(2)15-16-12/h4-5H,3,6-10H2,1-2H3. The Kier molecular flexibility index (Phi) is 4.10. The predicted molar refractivity (Wildman–Crippen MR) is 78.0 cm³/mol. The lowest BCUT2D eigenvalue weighted by molar-refractivity contribution is 0.125. The number of rotatable bonds is 4. The Labute approximate surface area is 124 Å². The van der Waals surface area contributed by atoms with Crippen molar-refractivity contribution in [2.75, 3.05) is 24.6 Å². The second kappa shape index (κ2) is 6.17. The number of ether oxygens (including phenoxy) is 1. The Hall–Kier alpha value is -2.02. The SMILES string of the molecule is CCOCc1nnc2n1CCN(c1ccc(C)nn1)CC2. The second-order valence-electron chi connectivity index (χ2n) is 5.09. The maximum Gasteiger partial charge on any atom is 0.159 e. The molecule has 0 atom stereocenters. The fraction of sp³-hybridized carbons (Fsp3) is 0.571. The van der Waals surface area contributed by atoms with Crippen LogP contribution in [0.2, 0.25) is 0 Å². The summed E-state index contributed by atoms with van der Waals surface area (Å²) in [7, 11) is 0. The zero-order valence-electron chi connectivity index (χ0n) is 12.5. The number of nitrogens with zero attached hydrogens (tertiary/aromatic N) is 6. The molecule has 0 amide bonds. The first-order chi connectivity index (χ1) is 10.3. The first-order valence-electron chi connectivity index (χ1n) is 7.32. The third-order valence-electron chi connectivity index (χ3n) is 3.65. The maximum absolute atomic E-state index is 5.45. The molecule has 0 aromatic carbocycles. The van der Waals surface area contributed by atoms with E-state index in [-0.39, 0.29) is 0 Å². The summed E-state index contributed by atoms with van der Waals surface area (Å²) in [6.07, 6.45) is 0.856. The van der Waals surface area contributed by atoms with E-state index in [1.165, 1.54) is 0 Å². The summed E-state index contributed by atoms with van der Waals surface area (Å²) >= 11 is 0. The molecule has 1 aliphatic rings. The molecule has 0 N–H and O–H groups in total. The average molecular weight is 288 g/mol. The van der Waals surface area contributed by atoms with Gasteiger partial charge < -0.3 is 14.2 Å². The molecule has 0 spiro atoms. The summed E-state index contributed by atoms with van der Waals surface area (Å²) in [5.41, 5.74) is 0.935. The maximum atomic E-state index is 5.45. The Balaban J connectivity index is 1.73. The first kappa shape index (κ1) is 13.9. The van der Waals surface area contributed by atoms with Crippen LogP contribution in [-0.2, 0) is 24.3 Å². The molecule has 0 bridgehead atoms. The van der Waals surface area contributed by atoms with Crippen LogP contribution < -0.4 is 4.90 Å². The van der Waals surface area contributed by atoms with Gasteiger partial charge in [0.05, 0.1) is 5.69 Å². The number of aromatic nitrogens is 5. The summed E-state index contributed by atoms with van der Waals surface area (Å²) in [6, 6.07) is 4.02. The van der Waals surface area contributed by atoms with Gasteiger partial charge in [0.1, 0.15) is 12.4 Å². The van der Waals surface area contributed by atoms with Gasteiger partial charge >= 0.3 is 0 Å². The minimum atomic E-state index is 0.522. The van der Waals surface area contributed by atoms with Crippen molar-refractivity contribution >= 4 is 5.82 Å². The molecule has 0 unspecified atom stereocenters. The summed E-state index contributed by atoms with van der Waals surface area (Å²) < 4.78 is 7.61. The highest BCUT2D eigenvalue weighted by Gasteiger charge is 2.19. The largest absolute Gasteiger partial charge is 0.374 e. The van der Waals surface area contributed by atoms with Crippen molar-refractivity contribution in [1.82, 2.24) is 25.0 Å². The normalized spacial score (nSPS) is 14.9. The summed E-state index contributed by atoms with van der Waals surface area (Å²) in [6.45, 7) is 7.74. The quantitative estimate of drug-likeness (QED) is 0.835. The van der Waals surface area contributed by atoms with E-state index in [0.717, 1.165) is 49.2 Å². The average Bonchev–Trinajstić information content (AvgIpc) is 2.76. The Morgan fingerprint density at radius 2 is 2.00 bits per heavy atom. The molecule has 0 aliphatic carbocycles. The van der Waals surface area contributed by atoms with Crippen molar-refractivity contribution in [3.05, 3.63) is 29.5 Å². The summed E-state index contributed by atoms with van der Waals surface area (Å²) in [5, 5.41) is 16.9. The van der Waals surface area contributed by atoms with Crippen LogP contribution in [0.1, 0.15) is 24.3 Å². The number of anilines is 1. The van der Waals surface area contributed by atoms with Crippen molar-refractivity contribution in [2.45, 2.75) is 33.4 Å². The van der Waals surface area contributed by atoms with Gasteiger partial charge in [0.15, 0.2) is 11.6 Å². The van der Waals surface area contributed by atoms with Crippen molar-refractivity contribution in [3.63, 3.8) is 0 Å². The zero-order valence-corrected chi connectivity index (χ0v) is 12.5. The van der Waals surface area contributed by atoms with Gasteiger partial charge in [0.2, 0.25) is 0 Å². The molecule has 2 aromatic heterocycles. The van der Waals surface area contributed by atoms with E-state index in [9.17, 15) is 0 Å². The molecule has 3 heterocycles. The van der Waals surface area contributed by atoms with Crippen molar-refractivity contribution in [2.24, 2.45) is 0 Å². The highest BCUT2D eigenvalue weighted by atomic mass is 16.5. The van der Waals surface area contributed by atoms with Crippen LogP contribution in [0.5, 0.6) is 0 Å². The molecular weight excluding hydrogens is 268 g/mol. The molecule has 0 saturated heterocycles. The molecule has 7 nitrogen and oxygen atoms in total. The van der Waals surface area contributed by atoms with Crippen molar-refractivity contribution in [3.8, 4) is 0 Å².